The Morgan fingerprint density at radius 1 is 1.44 bits per heavy atom. The maximum Gasteiger partial charge on any atom is 0.223 e. The average Bonchev–Trinajstić information content (AvgIpc) is 2.16. The number of carbonyl (C=O) groups excluding carboxylic acids is 1. The fourth-order valence-electron chi connectivity index (χ4n) is 2.09. The van der Waals surface area contributed by atoms with Gasteiger partial charge >= 0.3 is 0 Å². The first-order valence-electron chi connectivity index (χ1n) is 6.00. The first-order chi connectivity index (χ1) is 7.26. The summed E-state index contributed by atoms with van der Waals surface area (Å²) in [6.45, 7) is 6.22. The third-order valence-electron chi connectivity index (χ3n) is 3.17. The first kappa shape index (κ1) is 13.5. The molecule has 94 valence electrons. The molecule has 0 radical (unpaired) electrons. The lowest BCUT2D eigenvalue weighted by atomic mass is 9.78. The van der Waals surface area contributed by atoms with Crippen molar-refractivity contribution in [2.24, 2.45) is 11.7 Å². The maximum atomic E-state index is 11.9. The van der Waals surface area contributed by atoms with E-state index in [9.17, 15) is 9.90 Å². The molecular weight excluding hydrogens is 204 g/mol. The molecule has 4 N–H and O–H groups in total. The van der Waals surface area contributed by atoms with Gasteiger partial charge in [-0.2, -0.15) is 0 Å². The number of carbonyl (C=O) groups is 1. The van der Waals surface area contributed by atoms with Crippen LogP contribution in [-0.4, -0.2) is 28.7 Å². The van der Waals surface area contributed by atoms with Crippen molar-refractivity contribution < 1.29 is 9.90 Å². The molecule has 0 aromatic carbocycles. The van der Waals surface area contributed by atoms with Crippen molar-refractivity contribution in [3.8, 4) is 0 Å². The number of rotatable bonds is 2. The lowest BCUT2D eigenvalue weighted by Crippen LogP contribution is -2.47. The molecule has 1 amide bonds. The van der Waals surface area contributed by atoms with E-state index in [4.69, 9.17) is 5.73 Å². The van der Waals surface area contributed by atoms with Crippen molar-refractivity contribution >= 4 is 5.91 Å². The molecule has 0 unspecified atom stereocenters. The SMILES string of the molecule is CC(C)(C)NC(=O)C1CCC(O)(CN)CC1. The molecule has 0 bridgehead atoms. The Bertz CT molecular complexity index is 250. The topological polar surface area (TPSA) is 75.3 Å². The van der Waals surface area contributed by atoms with Crippen molar-refractivity contribution in [2.45, 2.75) is 57.6 Å². The van der Waals surface area contributed by atoms with E-state index in [0.29, 0.717) is 19.4 Å². The zero-order valence-electron chi connectivity index (χ0n) is 10.5. The Morgan fingerprint density at radius 3 is 2.31 bits per heavy atom. The fraction of sp³-hybridized carbons (Fsp3) is 0.917. The third kappa shape index (κ3) is 3.76. The van der Waals surface area contributed by atoms with Crippen LogP contribution >= 0.6 is 0 Å². The Labute approximate surface area is 97.6 Å². The monoisotopic (exact) mass is 228 g/mol. The molecule has 1 rings (SSSR count). The zero-order chi connectivity index (χ0) is 12.4. The second kappa shape index (κ2) is 4.72. The van der Waals surface area contributed by atoms with Gasteiger partial charge in [0.1, 0.15) is 0 Å². The number of aliphatic hydroxyl groups is 1. The molecule has 16 heavy (non-hydrogen) atoms. The van der Waals surface area contributed by atoms with Gasteiger partial charge in [0.25, 0.3) is 0 Å². The maximum absolute atomic E-state index is 11.9. The molecule has 1 aliphatic carbocycles. The van der Waals surface area contributed by atoms with Gasteiger partial charge in [-0.05, 0) is 46.5 Å². The van der Waals surface area contributed by atoms with Gasteiger partial charge in [-0.3, -0.25) is 4.79 Å². The van der Waals surface area contributed by atoms with Crippen LogP contribution in [0.1, 0.15) is 46.5 Å². The summed E-state index contributed by atoms with van der Waals surface area (Å²) in [7, 11) is 0. The van der Waals surface area contributed by atoms with Crippen LogP contribution in [0.4, 0.5) is 0 Å². The predicted octanol–water partition coefficient (Wildman–Crippen LogP) is 0.781. The molecule has 0 atom stereocenters. The second-order valence-electron chi connectivity index (χ2n) is 5.94. The lowest BCUT2D eigenvalue weighted by Gasteiger charge is -2.35. The molecule has 0 aromatic rings. The normalized spacial score (nSPS) is 31.2. The Kier molecular flexibility index (Phi) is 3.97. The van der Waals surface area contributed by atoms with Gasteiger partial charge in [-0.1, -0.05) is 0 Å². The quantitative estimate of drug-likeness (QED) is 0.654. The summed E-state index contributed by atoms with van der Waals surface area (Å²) in [6, 6.07) is 0. The molecule has 0 aliphatic heterocycles. The van der Waals surface area contributed by atoms with Crippen LogP contribution in [0.25, 0.3) is 0 Å². The second-order valence-corrected chi connectivity index (χ2v) is 5.94. The molecular formula is C12H24N2O2. The van der Waals surface area contributed by atoms with Crippen molar-refractivity contribution in [3.05, 3.63) is 0 Å². The van der Waals surface area contributed by atoms with Gasteiger partial charge < -0.3 is 16.2 Å². The van der Waals surface area contributed by atoms with Crippen LogP contribution in [0, 0.1) is 5.92 Å². The van der Waals surface area contributed by atoms with E-state index in [-0.39, 0.29) is 17.4 Å². The van der Waals surface area contributed by atoms with Gasteiger partial charge in [0.15, 0.2) is 0 Å². The minimum absolute atomic E-state index is 0.0334. The summed E-state index contributed by atoms with van der Waals surface area (Å²) in [6.07, 6.45) is 2.72. The van der Waals surface area contributed by atoms with Crippen molar-refractivity contribution in [1.82, 2.24) is 5.32 Å². The van der Waals surface area contributed by atoms with Crippen LogP contribution < -0.4 is 11.1 Å². The molecule has 0 aromatic heterocycles. The molecule has 0 heterocycles. The highest BCUT2D eigenvalue weighted by molar-refractivity contribution is 5.79. The Hall–Kier alpha value is -0.610. The van der Waals surface area contributed by atoms with E-state index in [0.717, 1.165) is 12.8 Å². The van der Waals surface area contributed by atoms with Crippen molar-refractivity contribution in [1.29, 1.82) is 0 Å². The molecule has 4 nitrogen and oxygen atoms in total. The van der Waals surface area contributed by atoms with Gasteiger partial charge in [0.05, 0.1) is 5.60 Å². The smallest absolute Gasteiger partial charge is 0.223 e. The summed E-state index contributed by atoms with van der Waals surface area (Å²) in [5, 5.41) is 12.9. The van der Waals surface area contributed by atoms with E-state index in [1.807, 2.05) is 20.8 Å². The van der Waals surface area contributed by atoms with E-state index in [1.54, 1.807) is 0 Å². The zero-order valence-corrected chi connectivity index (χ0v) is 10.5. The number of amides is 1. The average molecular weight is 228 g/mol. The molecule has 1 saturated carbocycles. The minimum atomic E-state index is -0.738. The predicted molar refractivity (Wildman–Crippen MR) is 63.9 cm³/mol. The number of hydrogen-bond acceptors (Lipinski definition) is 3. The lowest BCUT2D eigenvalue weighted by molar-refractivity contribution is -0.129. The van der Waals surface area contributed by atoms with Gasteiger partial charge in [0, 0.05) is 18.0 Å². The Morgan fingerprint density at radius 2 is 1.94 bits per heavy atom. The number of nitrogens with two attached hydrogens (primary N) is 1. The van der Waals surface area contributed by atoms with Gasteiger partial charge in [-0.15, -0.1) is 0 Å². The minimum Gasteiger partial charge on any atom is -0.389 e. The van der Waals surface area contributed by atoms with Crippen LogP contribution in [0.5, 0.6) is 0 Å². The highest BCUT2D eigenvalue weighted by Crippen LogP contribution is 2.31. The van der Waals surface area contributed by atoms with Gasteiger partial charge in [-0.25, -0.2) is 0 Å². The summed E-state index contributed by atoms with van der Waals surface area (Å²) in [5.74, 6) is 0.137. The van der Waals surface area contributed by atoms with E-state index < -0.39 is 5.60 Å². The van der Waals surface area contributed by atoms with E-state index in [1.165, 1.54) is 0 Å². The van der Waals surface area contributed by atoms with E-state index in [2.05, 4.69) is 5.32 Å². The van der Waals surface area contributed by atoms with Crippen LogP contribution in [0.2, 0.25) is 0 Å². The van der Waals surface area contributed by atoms with Crippen molar-refractivity contribution in [2.75, 3.05) is 6.54 Å². The molecule has 0 saturated heterocycles. The summed E-state index contributed by atoms with van der Waals surface area (Å²) in [5.41, 5.74) is 4.59. The van der Waals surface area contributed by atoms with Gasteiger partial charge in [0.2, 0.25) is 5.91 Å². The summed E-state index contributed by atoms with van der Waals surface area (Å²) < 4.78 is 0. The molecule has 0 spiro atoms. The highest BCUT2D eigenvalue weighted by atomic mass is 16.3. The third-order valence-corrected chi connectivity index (χ3v) is 3.17. The molecule has 1 fully saturated rings. The van der Waals surface area contributed by atoms with Crippen LogP contribution in [0.15, 0.2) is 0 Å². The first-order valence-corrected chi connectivity index (χ1v) is 6.00. The molecule has 1 aliphatic rings. The van der Waals surface area contributed by atoms with E-state index >= 15 is 0 Å². The summed E-state index contributed by atoms with van der Waals surface area (Å²) in [4.78, 5) is 11.9. The highest BCUT2D eigenvalue weighted by Gasteiger charge is 2.35. The fourth-order valence-corrected chi connectivity index (χ4v) is 2.09. The molecule has 4 heteroatoms. The number of nitrogens with one attached hydrogen (secondary N) is 1. The Balaban J connectivity index is 2.45. The van der Waals surface area contributed by atoms with Crippen LogP contribution in [0.3, 0.4) is 0 Å². The standard InChI is InChI=1S/C12H24N2O2/c1-11(2,3)14-10(15)9-4-6-12(16,8-13)7-5-9/h9,16H,4-8,13H2,1-3H3,(H,14,15). The van der Waals surface area contributed by atoms with Crippen LogP contribution in [-0.2, 0) is 4.79 Å². The summed E-state index contributed by atoms with van der Waals surface area (Å²) >= 11 is 0. The number of hydrogen-bond donors (Lipinski definition) is 3. The largest absolute Gasteiger partial charge is 0.389 e. The van der Waals surface area contributed by atoms with Crippen molar-refractivity contribution in [3.63, 3.8) is 0 Å².